The Morgan fingerprint density at radius 2 is 2.03 bits per heavy atom. The van der Waals surface area contributed by atoms with Crippen molar-refractivity contribution in [3.8, 4) is 11.4 Å². The quantitative estimate of drug-likeness (QED) is 0.386. The fourth-order valence-electron chi connectivity index (χ4n) is 4.95. The lowest BCUT2D eigenvalue weighted by Crippen LogP contribution is -2.41. The van der Waals surface area contributed by atoms with E-state index in [0.29, 0.717) is 16.9 Å². The first-order valence-electron chi connectivity index (χ1n) is 11.6. The first-order valence-corrected chi connectivity index (χ1v) is 11.6. The minimum Gasteiger partial charge on any atom is -0.408 e. The second kappa shape index (κ2) is 8.21. The van der Waals surface area contributed by atoms with Crippen LogP contribution in [-0.2, 0) is 10.2 Å². The third kappa shape index (κ3) is 3.79. The molecule has 1 atom stereocenters. The molecule has 1 aliphatic carbocycles. The molecule has 174 valence electrons. The van der Waals surface area contributed by atoms with E-state index in [1.165, 1.54) is 12.8 Å². The summed E-state index contributed by atoms with van der Waals surface area (Å²) in [6.07, 6.45) is 3.89. The molecule has 1 amide bonds. The second-order valence-electron chi connectivity index (χ2n) is 9.20. The van der Waals surface area contributed by atoms with Gasteiger partial charge in [0.05, 0.1) is 17.0 Å². The highest BCUT2D eigenvalue weighted by Crippen LogP contribution is 2.49. The van der Waals surface area contributed by atoms with E-state index in [0.717, 1.165) is 49.2 Å². The molecular weight excluding hydrogens is 434 g/mol. The molecule has 0 spiro atoms. The van der Waals surface area contributed by atoms with Gasteiger partial charge in [0.1, 0.15) is 0 Å². The Balaban J connectivity index is 1.29. The van der Waals surface area contributed by atoms with Crippen molar-refractivity contribution in [2.24, 2.45) is 0 Å². The smallest absolute Gasteiger partial charge is 0.408 e. The maximum Gasteiger partial charge on any atom is 0.417 e. The summed E-state index contributed by atoms with van der Waals surface area (Å²) in [5, 5.41) is 17.7. The van der Waals surface area contributed by atoms with Crippen molar-refractivity contribution in [2.45, 2.75) is 37.1 Å². The van der Waals surface area contributed by atoms with Crippen LogP contribution >= 0.6 is 0 Å². The van der Waals surface area contributed by atoms with Gasteiger partial charge in [0.25, 0.3) is 0 Å². The molecule has 1 aliphatic heterocycles. The van der Waals surface area contributed by atoms with Crippen LogP contribution in [0.5, 0.6) is 0 Å². The molecule has 0 bridgehead atoms. The average molecular weight is 460 g/mol. The third-order valence-electron chi connectivity index (χ3n) is 6.99. The first-order chi connectivity index (χ1) is 16.6. The van der Waals surface area contributed by atoms with Crippen LogP contribution in [0.4, 0.5) is 0 Å². The molecule has 1 unspecified atom stereocenters. The Hall–Kier alpha value is -3.79. The van der Waals surface area contributed by atoms with E-state index < -0.39 is 11.2 Å². The number of carbonyl (C=O) groups is 1. The zero-order valence-corrected chi connectivity index (χ0v) is 18.6. The standard InChI is InChI=1S/C24H25N7O3/c32-22(24(8-9-24)17-6-7-20-18(13-17)26-23(33)34-20)25-19(14-31-10-1-2-11-31)15-4-3-5-16(12-15)21-27-29-30-28-21/h3-7,12-13,19H,1-2,8-11,14H2,(H,25,32)(H,26,33)(H,27,28,29,30). The Morgan fingerprint density at radius 1 is 1.18 bits per heavy atom. The number of rotatable bonds is 7. The number of hydrogen-bond donors (Lipinski definition) is 3. The number of aromatic nitrogens is 5. The van der Waals surface area contributed by atoms with Crippen LogP contribution in [0, 0.1) is 0 Å². The van der Waals surface area contributed by atoms with Gasteiger partial charge in [-0.15, -0.1) is 10.2 Å². The fourth-order valence-corrected chi connectivity index (χ4v) is 4.95. The lowest BCUT2D eigenvalue weighted by Gasteiger charge is -2.27. The summed E-state index contributed by atoms with van der Waals surface area (Å²) in [7, 11) is 0. The molecule has 0 radical (unpaired) electrons. The molecule has 2 aromatic carbocycles. The number of amides is 1. The number of nitrogens with one attached hydrogen (secondary N) is 3. The van der Waals surface area contributed by atoms with E-state index in [9.17, 15) is 9.59 Å². The van der Waals surface area contributed by atoms with E-state index in [2.05, 4.69) is 35.8 Å². The van der Waals surface area contributed by atoms with Gasteiger partial charge in [-0.2, -0.15) is 5.21 Å². The van der Waals surface area contributed by atoms with E-state index in [4.69, 9.17) is 4.42 Å². The number of aromatic amines is 2. The fraction of sp³-hybridized carbons (Fsp3) is 0.375. The van der Waals surface area contributed by atoms with Crippen molar-refractivity contribution in [3.63, 3.8) is 0 Å². The monoisotopic (exact) mass is 459 g/mol. The second-order valence-corrected chi connectivity index (χ2v) is 9.20. The lowest BCUT2D eigenvalue weighted by molar-refractivity contribution is -0.124. The summed E-state index contributed by atoms with van der Waals surface area (Å²) >= 11 is 0. The Labute approximate surface area is 194 Å². The molecule has 34 heavy (non-hydrogen) atoms. The molecule has 4 aromatic rings. The van der Waals surface area contributed by atoms with Crippen LogP contribution in [0.15, 0.2) is 51.7 Å². The number of hydrogen-bond acceptors (Lipinski definition) is 7. The van der Waals surface area contributed by atoms with Crippen LogP contribution in [-0.4, -0.2) is 56.0 Å². The summed E-state index contributed by atoms with van der Waals surface area (Å²) in [6, 6.07) is 13.3. The van der Waals surface area contributed by atoms with Gasteiger partial charge in [-0.1, -0.05) is 24.3 Å². The number of oxazole rings is 1. The molecule has 2 aromatic heterocycles. The van der Waals surface area contributed by atoms with Crippen LogP contribution in [0.1, 0.15) is 42.9 Å². The van der Waals surface area contributed by atoms with Gasteiger partial charge in [0.2, 0.25) is 11.7 Å². The van der Waals surface area contributed by atoms with Crippen LogP contribution < -0.4 is 11.1 Å². The van der Waals surface area contributed by atoms with Crippen molar-refractivity contribution in [2.75, 3.05) is 19.6 Å². The molecule has 3 heterocycles. The van der Waals surface area contributed by atoms with Crippen molar-refractivity contribution in [3.05, 3.63) is 64.1 Å². The molecule has 6 rings (SSSR count). The zero-order valence-electron chi connectivity index (χ0n) is 18.6. The van der Waals surface area contributed by atoms with Gasteiger partial charge in [0.15, 0.2) is 5.58 Å². The highest BCUT2D eigenvalue weighted by molar-refractivity contribution is 5.92. The van der Waals surface area contributed by atoms with Gasteiger partial charge < -0.3 is 14.6 Å². The average Bonchev–Trinajstić information content (AvgIpc) is 3.21. The maximum atomic E-state index is 13.7. The van der Waals surface area contributed by atoms with Gasteiger partial charge in [-0.05, 0) is 73.3 Å². The molecule has 2 aliphatic rings. The minimum absolute atomic E-state index is 0.00635. The van der Waals surface area contributed by atoms with Gasteiger partial charge in [-0.25, -0.2) is 4.79 Å². The molecule has 10 heteroatoms. The molecule has 3 N–H and O–H groups in total. The number of nitrogens with zero attached hydrogens (tertiary/aromatic N) is 4. The largest absolute Gasteiger partial charge is 0.417 e. The lowest BCUT2D eigenvalue weighted by atomic mass is 9.93. The SMILES string of the molecule is O=C(NC(CN1CCCC1)c1cccc(-c2nn[nH]n2)c1)C1(c2ccc3oc(=O)[nH]c3c2)CC1. The Kier molecular flexibility index (Phi) is 5.02. The summed E-state index contributed by atoms with van der Waals surface area (Å²) in [5.41, 5.74) is 3.28. The van der Waals surface area contributed by atoms with E-state index in [1.807, 2.05) is 36.4 Å². The Bertz CT molecular complexity index is 1380. The predicted molar refractivity (Wildman–Crippen MR) is 124 cm³/mol. The van der Waals surface area contributed by atoms with Crippen LogP contribution in [0.25, 0.3) is 22.5 Å². The summed E-state index contributed by atoms with van der Waals surface area (Å²) < 4.78 is 5.12. The van der Waals surface area contributed by atoms with Crippen molar-refractivity contribution in [1.82, 2.24) is 35.8 Å². The number of tetrazole rings is 1. The molecule has 1 saturated heterocycles. The van der Waals surface area contributed by atoms with Crippen LogP contribution in [0.3, 0.4) is 0 Å². The molecule has 10 nitrogen and oxygen atoms in total. The van der Waals surface area contributed by atoms with Gasteiger partial charge >= 0.3 is 5.76 Å². The highest BCUT2D eigenvalue weighted by Gasteiger charge is 2.52. The van der Waals surface area contributed by atoms with E-state index in [1.54, 1.807) is 6.07 Å². The summed E-state index contributed by atoms with van der Waals surface area (Å²) in [4.78, 5) is 30.3. The van der Waals surface area contributed by atoms with Crippen molar-refractivity contribution >= 4 is 17.0 Å². The molecular formula is C24H25N7O3. The zero-order chi connectivity index (χ0) is 23.1. The minimum atomic E-state index is -0.586. The number of benzene rings is 2. The summed E-state index contributed by atoms with van der Waals surface area (Å²) in [5.74, 6) is 0.0367. The third-order valence-corrected chi connectivity index (χ3v) is 6.99. The maximum absolute atomic E-state index is 13.7. The van der Waals surface area contributed by atoms with Gasteiger partial charge in [0, 0.05) is 12.1 Å². The van der Waals surface area contributed by atoms with E-state index >= 15 is 0 Å². The predicted octanol–water partition coefficient (Wildman–Crippen LogP) is 2.29. The molecule has 1 saturated carbocycles. The summed E-state index contributed by atoms with van der Waals surface area (Å²) in [6.45, 7) is 2.81. The van der Waals surface area contributed by atoms with Gasteiger partial charge in [-0.3, -0.25) is 9.78 Å². The van der Waals surface area contributed by atoms with Crippen LogP contribution in [0.2, 0.25) is 0 Å². The normalized spacial score (nSPS) is 18.2. The topological polar surface area (TPSA) is 133 Å². The molecule has 2 fully saturated rings. The number of H-pyrrole nitrogens is 2. The number of likely N-dealkylation sites (tertiary alicyclic amines) is 1. The Morgan fingerprint density at radius 3 is 2.79 bits per heavy atom. The number of fused-ring (bicyclic) bond motifs is 1. The van der Waals surface area contributed by atoms with Crippen molar-refractivity contribution in [1.29, 1.82) is 0 Å². The highest BCUT2D eigenvalue weighted by atomic mass is 16.4. The van der Waals surface area contributed by atoms with E-state index in [-0.39, 0.29) is 11.9 Å². The first kappa shape index (κ1) is 20.8. The van der Waals surface area contributed by atoms with Crippen molar-refractivity contribution < 1.29 is 9.21 Å². The number of carbonyl (C=O) groups excluding carboxylic acids is 1.